The SMILES string of the molecule is Cc1cc(C)c(-c2ccc3c(c2)[nH]c2ccc(-c4c(C)cc(C)cc4C)cc23)c(C)c1. The van der Waals surface area contributed by atoms with Crippen LogP contribution in [0.15, 0.2) is 60.7 Å². The van der Waals surface area contributed by atoms with E-state index < -0.39 is 0 Å². The molecule has 0 radical (unpaired) electrons. The van der Waals surface area contributed by atoms with E-state index >= 15 is 0 Å². The highest BCUT2D eigenvalue weighted by atomic mass is 14.7. The number of rotatable bonds is 2. The number of aromatic amines is 1. The monoisotopic (exact) mass is 403 g/mol. The minimum absolute atomic E-state index is 1.19. The van der Waals surface area contributed by atoms with E-state index in [1.807, 2.05) is 0 Å². The Morgan fingerprint density at radius 3 is 1.48 bits per heavy atom. The molecular weight excluding hydrogens is 374 g/mol. The minimum Gasteiger partial charge on any atom is -0.354 e. The Morgan fingerprint density at radius 1 is 0.452 bits per heavy atom. The van der Waals surface area contributed by atoms with Crippen molar-refractivity contribution < 1.29 is 0 Å². The first-order chi connectivity index (χ1) is 14.8. The Labute approximate surface area is 184 Å². The molecule has 5 rings (SSSR count). The van der Waals surface area contributed by atoms with Crippen molar-refractivity contribution in [2.24, 2.45) is 0 Å². The average molecular weight is 404 g/mol. The second-order valence-corrected chi connectivity index (χ2v) is 9.19. The number of aryl methyl sites for hydroxylation is 6. The normalized spacial score (nSPS) is 11.5. The molecule has 154 valence electrons. The van der Waals surface area contributed by atoms with E-state index in [2.05, 4.69) is 107 Å². The summed E-state index contributed by atoms with van der Waals surface area (Å²) in [6, 6.07) is 22.8. The Bertz CT molecular complexity index is 1430. The molecule has 0 spiro atoms. The number of hydrogen-bond donors (Lipinski definition) is 1. The minimum atomic E-state index is 1.19. The number of benzene rings is 4. The Hall–Kier alpha value is -3.32. The smallest absolute Gasteiger partial charge is 0.0471 e. The van der Waals surface area contributed by atoms with E-state index in [4.69, 9.17) is 0 Å². The van der Waals surface area contributed by atoms with Crippen LogP contribution < -0.4 is 0 Å². The van der Waals surface area contributed by atoms with Gasteiger partial charge in [-0.05, 0) is 104 Å². The summed E-state index contributed by atoms with van der Waals surface area (Å²) in [5.41, 5.74) is 15.6. The van der Waals surface area contributed by atoms with Gasteiger partial charge < -0.3 is 4.98 Å². The van der Waals surface area contributed by atoms with Crippen molar-refractivity contribution in [1.29, 1.82) is 0 Å². The van der Waals surface area contributed by atoms with Crippen LogP contribution in [-0.4, -0.2) is 4.98 Å². The molecule has 0 saturated heterocycles. The molecule has 0 unspecified atom stereocenters. The van der Waals surface area contributed by atoms with E-state index in [9.17, 15) is 0 Å². The first-order valence-electron chi connectivity index (χ1n) is 11.0. The van der Waals surface area contributed by atoms with E-state index in [0.717, 1.165) is 0 Å². The highest BCUT2D eigenvalue weighted by Crippen LogP contribution is 2.36. The largest absolute Gasteiger partial charge is 0.354 e. The maximum Gasteiger partial charge on any atom is 0.0471 e. The standard InChI is InChI=1S/C30H29N/c1-17-11-19(3)29(20(4)12-17)23-8-10-27-26(15-23)25-9-7-24(16-28(25)31-27)30-21(5)13-18(2)14-22(30)6/h7-16,31H,1-6H3. The molecule has 0 atom stereocenters. The molecule has 1 heterocycles. The molecule has 31 heavy (non-hydrogen) atoms. The van der Waals surface area contributed by atoms with Crippen LogP contribution in [0.2, 0.25) is 0 Å². The van der Waals surface area contributed by atoms with Gasteiger partial charge >= 0.3 is 0 Å². The lowest BCUT2D eigenvalue weighted by molar-refractivity contribution is 1.32. The third-order valence-corrected chi connectivity index (χ3v) is 6.53. The van der Waals surface area contributed by atoms with Crippen molar-refractivity contribution in [2.75, 3.05) is 0 Å². The zero-order valence-corrected chi connectivity index (χ0v) is 19.3. The van der Waals surface area contributed by atoms with Gasteiger partial charge in [-0.15, -0.1) is 0 Å². The van der Waals surface area contributed by atoms with Gasteiger partial charge in [-0.2, -0.15) is 0 Å². The lowest BCUT2D eigenvalue weighted by Crippen LogP contribution is -1.90. The van der Waals surface area contributed by atoms with Crippen LogP contribution in [0.1, 0.15) is 33.4 Å². The summed E-state index contributed by atoms with van der Waals surface area (Å²) in [5, 5.41) is 2.57. The molecule has 1 nitrogen and oxygen atoms in total. The highest BCUT2D eigenvalue weighted by molar-refractivity contribution is 6.09. The molecule has 4 aromatic carbocycles. The van der Waals surface area contributed by atoms with Gasteiger partial charge in [0.1, 0.15) is 0 Å². The lowest BCUT2D eigenvalue weighted by atomic mass is 9.92. The van der Waals surface area contributed by atoms with Gasteiger partial charge in [-0.3, -0.25) is 0 Å². The molecule has 0 saturated carbocycles. The van der Waals surface area contributed by atoms with E-state index in [1.165, 1.54) is 77.4 Å². The average Bonchev–Trinajstić information content (AvgIpc) is 3.03. The topological polar surface area (TPSA) is 15.8 Å². The number of fused-ring (bicyclic) bond motifs is 3. The molecule has 1 heteroatoms. The maximum atomic E-state index is 3.66. The lowest BCUT2D eigenvalue weighted by Gasteiger charge is -2.12. The van der Waals surface area contributed by atoms with E-state index in [-0.39, 0.29) is 0 Å². The predicted molar refractivity (Wildman–Crippen MR) is 135 cm³/mol. The molecule has 1 N–H and O–H groups in total. The molecule has 0 aliphatic carbocycles. The second-order valence-electron chi connectivity index (χ2n) is 9.19. The number of hydrogen-bond acceptors (Lipinski definition) is 0. The molecule has 0 amide bonds. The fourth-order valence-electron chi connectivity index (χ4n) is 5.49. The summed E-state index contributed by atoms with van der Waals surface area (Å²) in [5.74, 6) is 0. The van der Waals surface area contributed by atoms with E-state index in [1.54, 1.807) is 0 Å². The zero-order chi connectivity index (χ0) is 21.9. The summed E-state index contributed by atoms with van der Waals surface area (Å²) < 4.78 is 0. The van der Waals surface area contributed by atoms with Crippen LogP contribution in [0.5, 0.6) is 0 Å². The summed E-state index contributed by atoms with van der Waals surface area (Å²) in [6.07, 6.45) is 0. The van der Waals surface area contributed by atoms with Crippen molar-refractivity contribution in [2.45, 2.75) is 41.5 Å². The van der Waals surface area contributed by atoms with Gasteiger partial charge in [-0.25, -0.2) is 0 Å². The van der Waals surface area contributed by atoms with E-state index in [0.29, 0.717) is 0 Å². The van der Waals surface area contributed by atoms with Crippen LogP contribution in [0.4, 0.5) is 0 Å². The first kappa shape index (κ1) is 19.6. The number of H-pyrrole nitrogens is 1. The van der Waals surface area contributed by atoms with Crippen LogP contribution in [0.3, 0.4) is 0 Å². The van der Waals surface area contributed by atoms with Crippen LogP contribution in [0, 0.1) is 41.5 Å². The number of aromatic nitrogens is 1. The molecule has 1 aromatic heterocycles. The summed E-state index contributed by atoms with van der Waals surface area (Å²) in [4.78, 5) is 3.66. The van der Waals surface area contributed by atoms with Crippen LogP contribution in [-0.2, 0) is 0 Å². The zero-order valence-electron chi connectivity index (χ0n) is 19.3. The van der Waals surface area contributed by atoms with Crippen molar-refractivity contribution in [1.82, 2.24) is 4.98 Å². The van der Waals surface area contributed by atoms with Crippen LogP contribution in [0.25, 0.3) is 44.1 Å². The summed E-state index contributed by atoms with van der Waals surface area (Å²) in [6.45, 7) is 13.2. The highest BCUT2D eigenvalue weighted by Gasteiger charge is 2.12. The van der Waals surface area contributed by atoms with Crippen LogP contribution >= 0.6 is 0 Å². The number of nitrogens with one attached hydrogen (secondary N) is 1. The van der Waals surface area contributed by atoms with Gasteiger partial charge in [0.2, 0.25) is 0 Å². The third kappa shape index (κ3) is 3.25. The van der Waals surface area contributed by atoms with Crippen molar-refractivity contribution >= 4 is 21.8 Å². The van der Waals surface area contributed by atoms with Gasteiger partial charge in [0.05, 0.1) is 0 Å². The first-order valence-corrected chi connectivity index (χ1v) is 11.0. The third-order valence-electron chi connectivity index (χ3n) is 6.53. The van der Waals surface area contributed by atoms with Gasteiger partial charge in [0.25, 0.3) is 0 Å². The predicted octanol–water partition coefficient (Wildman–Crippen LogP) is 8.51. The summed E-state index contributed by atoms with van der Waals surface area (Å²) >= 11 is 0. The van der Waals surface area contributed by atoms with Gasteiger partial charge in [0.15, 0.2) is 0 Å². The molecule has 0 fully saturated rings. The maximum absolute atomic E-state index is 3.66. The fraction of sp³-hybridized carbons (Fsp3) is 0.200. The second kappa shape index (κ2) is 7.13. The fourth-order valence-corrected chi connectivity index (χ4v) is 5.49. The molecule has 5 aromatic rings. The summed E-state index contributed by atoms with van der Waals surface area (Å²) in [7, 11) is 0. The Morgan fingerprint density at radius 2 is 0.935 bits per heavy atom. The molecular formula is C30H29N. The van der Waals surface area contributed by atoms with Crippen molar-refractivity contribution in [3.8, 4) is 22.3 Å². The molecule has 0 aliphatic heterocycles. The molecule has 0 aliphatic rings. The van der Waals surface area contributed by atoms with Gasteiger partial charge in [-0.1, -0.05) is 53.6 Å². The molecule has 0 bridgehead atoms. The quantitative estimate of drug-likeness (QED) is 0.304. The van der Waals surface area contributed by atoms with Gasteiger partial charge in [0, 0.05) is 21.8 Å². The van der Waals surface area contributed by atoms with Crippen molar-refractivity contribution in [3.05, 3.63) is 94.0 Å². The van der Waals surface area contributed by atoms with Crippen molar-refractivity contribution in [3.63, 3.8) is 0 Å². The Balaban J connectivity index is 1.69. The Kier molecular flexibility index (Phi) is 4.51.